The molecule has 116 valence electrons. The van der Waals surface area contributed by atoms with Gasteiger partial charge in [0.15, 0.2) is 0 Å². The smallest absolute Gasteiger partial charge is 0.274 e. The van der Waals surface area contributed by atoms with Crippen molar-refractivity contribution < 1.29 is 14.5 Å². The first-order valence-electron chi connectivity index (χ1n) is 6.44. The first-order valence-corrected chi connectivity index (χ1v) is 6.44. The molecule has 2 N–H and O–H groups in total. The number of hydrogen-bond donors (Lipinski definition) is 2. The second-order valence-corrected chi connectivity index (χ2v) is 4.66. The Morgan fingerprint density at radius 3 is 2.95 bits per heavy atom. The molecule has 0 saturated carbocycles. The highest BCUT2D eigenvalue weighted by atomic mass is 35.5. The van der Waals surface area contributed by atoms with E-state index in [1.807, 2.05) is 0 Å². The van der Waals surface area contributed by atoms with Gasteiger partial charge < -0.3 is 15.4 Å². The number of halogens is 1. The molecule has 1 saturated heterocycles. The molecule has 1 heterocycles. The third-order valence-corrected chi connectivity index (χ3v) is 3.19. The van der Waals surface area contributed by atoms with Gasteiger partial charge in [0.05, 0.1) is 35.3 Å². The van der Waals surface area contributed by atoms with Crippen LogP contribution >= 0.6 is 12.4 Å². The molecule has 1 atom stereocenters. The van der Waals surface area contributed by atoms with Crippen LogP contribution in [-0.2, 0) is 9.53 Å². The molecule has 7 nitrogen and oxygen atoms in total. The molecule has 0 aromatic heterocycles. The van der Waals surface area contributed by atoms with E-state index < -0.39 is 4.92 Å². The van der Waals surface area contributed by atoms with Gasteiger partial charge in [-0.05, 0) is 13.0 Å². The van der Waals surface area contributed by atoms with Crippen molar-refractivity contribution in [3.8, 4) is 0 Å². The van der Waals surface area contributed by atoms with Crippen LogP contribution in [0, 0.1) is 17.0 Å². The molecule has 0 radical (unpaired) electrons. The molecule has 1 aliphatic heterocycles. The van der Waals surface area contributed by atoms with Crippen molar-refractivity contribution in [1.82, 2.24) is 5.32 Å². The number of nitro benzene ring substituents is 1. The summed E-state index contributed by atoms with van der Waals surface area (Å²) in [7, 11) is 0. The van der Waals surface area contributed by atoms with Gasteiger partial charge in [-0.25, -0.2) is 0 Å². The number of rotatable bonds is 4. The number of hydrogen-bond acceptors (Lipinski definition) is 5. The Labute approximate surface area is 128 Å². The van der Waals surface area contributed by atoms with Gasteiger partial charge in [-0.3, -0.25) is 14.9 Å². The standard InChI is InChI=1S/C13H17N3O4.ClH/c1-9-11(3-2-4-12(9)16(18)19)15-13(17)7-10-8-14-5-6-20-10;/h2-4,10,14H,5-8H2,1H3,(H,15,17);1H. The maximum atomic E-state index is 11.9. The monoisotopic (exact) mass is 315 g/mol. The summed E-state index contributed by atoms with van der Waals surface area (Å²) in [5, 5.41) is 16.7. The number of nitrogens with zero attached hydrogens (tertiary/aromatic N) is 1. The number of amides is 1. The summed E-state index contributed by atoms with van der Waals surface area (Å²) >= 11 is 0. The minimum Gasteiger partial charge on any atom is -0.375 e. The summed E-state index contributed by atoms with van der Waals surface area (Å²) < 4.78 is 5.45. The average Bonchev–Trinajstić information content (AvgIpc) is 2.42. The summed E-state index contributed by atoms with van der Waals surface area (Å²) in [5.41, 5.74) is 0.917. The number of benzene rings is 1. The zero-order valence-electron chi connectivity index (χ0n) is 11.6. The fourth-order valence-corrected chi connectivity index (χ4v) is 2.12. The number of ether oxygens (including phenoxy) is 1. The van der Waals surface area contributed by atoms with Crippen LogP contribution in [0.15, 0.2) is 18.2 Å². The molecule has 1 fully saturated rings. The molecule has 1 unspecified atom stereocenters. The third-order valence-electron chi connectivity index (χ3n) is 3.19. The van der Waals surface area contributed by atoms with Gasteiger partial charge in [0.1, 0.15) is 0 Å². The lowest BCUT2D eigenvalue weighted by molar-refractivity contribution is -0.385. The quantitative estimate of drug-likeness (QED) is 0.651. The van der Waals surface area contributed by atoms with Crippen molar-refractivity contribution in [1.29, 1.82) is 0 Å². The van der Waals surface area contributed by atoms with Crippen LogP contribution in [0.5, 0.6) is 0 Å². The predicted molar refractivity (Wildman–Crippen MR) is 80.9 cm³/mol. The highest BCUT2D eigenvalue weighted by Crippen LogP contribution is 2.25. The number of anilines is 1. The minimum atomic E-state index is -0.459. The maximum absolute atomic E-state index is 11.9. The van der Waals surface area contributed by atoms with E-state index in [4.69, 9.17) is 4.74 Å². The van der Waals surface area contributed by atoms with Crippen LogP contribution in [-0.4, -0.2) is 36.6 Å². The van der Waals surface area contributed by atoms with Gasteiger partial charge in [-0.1, -0.05) is 6.07 Å². The number of nitrogens with one attached hydrogen (secondary N) is 2. The number of carbonyl (C=O) groups is 1. The largest absolute Gasteiger partial charge is 0.375 e. The SMILES string of the molecule is Cc1c(NC(=O)CC2CNCCO2)cccc1[N+](=O)[O-].Cl. The van der Waals surface area contributed by atoms with Crippen LogP contribution in [0.2, 0.25) is 0 Å². The van der Waals surface area contributed by atoms with Crippen molar-refractivity contribution in [2.45, 2.75) is 19.4 Å². The number of nitro groups is 1. The minimum absolute atomic E-state index is 0. The van der Waals surface area contributed by atoms with E-state index in [9.17, 15) is 14.9 Å². The predicted octanol–water partition coefficient (Wildman–Crippen LogP) is 1.64. The summed E-state index contributed by atoms with van der Waals surface area (Å²) in [6.45, 7) is 3.64. The Kier molecular flexibility index (Phi) is 6.54. The molecule has 8 heteroatoms. The molecule has 0 spiro atoms. The van der Waals surface area contributed by atoms with Crippen molar-refractivity contribution in [3.05, 3.63) is 33.9 Å². The lowest BCUT2D eigenvalue weighted by Gasteiger charge is -2.23. The van der Waals surface area contributed by atoms with E-state index in [0.717, 1.165) is 6.54 Å². The highest BCUT2D eigenvalue weighted by molar-refractivity contribution is 5.92. The van der Waals surface area contributed by atoms with Crippen molar-refractivity contribution in [3.63, 3.8) is 0 Å². The maximum Gasteiger partial charge on any atom is 0.274 e. The summed E-state index contributed by atoms with van der Waals surface area (Å²) in [6, 6.07) is 4.62. The Morgan fingerprint density at radius 1 is 1.57 bits per heavy atom. The molecule has 2 rings (SSSR count). The van der Waals surface area contributed by atoms with Gasteiger partial charge in [0.2, 0.25) is 5.91 Å². The van der Waals surface area contributed by atoms with Gasteiger partial charge in [0, 0.05) is 19.2 Å². The zero-order valence-corrected chi connectivity index (χ0v) is 12.4. The Hall–Kier alpha value is -1.70. The molecule has 1 aromatic carbocycles. The van der Waals surface area contributed by atoms with Gasteiger partial charge in [-0.2, -0.15) is 0 Å². The second-order valence-electron chi connectivity index (χ2n) is 4.66. The normalized spacial score (nSPS) is 17.7. The number of carbonyl (C=O) groups excluding carboxylic acids is 1. The molecular formula is C13H18ClN3O4. The van der Waals surface area contributed by atoms with E-state index in [0.29, 0.717) is 24.4 Å². The fourth-order valence-electron chi connectivity index (χ4n) is 2.12. The molecule has 0 bridgehead atoms. The summed E-state index contributed by atoms with van der Waals surface area (Å²) in [5.74, 6) is -0.206. The van der Waals surface area contributed by atoms with Crippen LogP contribution in [0.25, 0.3) is 0 Å². The van der Waals surface area contributed by atoms with E-state index >= 15 is 0 Å². The van der Waals surface area contributed by atoms with E-state index in [2.05, 4.69) is 10.6 Å². The Balaban J connectivity index is 0.00000220. The average molecular weight is 316 g/mol. The third kappa shape index (κ3) is 4.66. The molecule has 1 aromatic rings. The van der Waals surface area contributed by atoms with Crippen LogP contribution in [0.3, 0.4) is 0 Å². The van der Waals surface area contributed by atoms with Crippen LogP contribution < -0.4 is 10.6 Å². The number of morpholine rings is 1. The lowest BCUT2D eigenvalue weighted by atomic mass is 10.1. The van der Waals surface area contributed by atoms with E-state index in [1.54, 1.807) is 19.1 Å². The zero-order chi connectivity index (χ0) is 14.5. The first kappa shape index (κ1) is 17.4. The van der Waals surface area contributed by atoms with Gasteiger partial charge in [-0.15, -0.1) is 12.4 Å². The van der Waals surface area contributed by atoms with Gasteiger partial charge in [0.25, 0.3) is 5.69 Å². The highest BCUT2D eigenvalue weighted by Gasteiger charge is 2.19. The molecule has 1 aliphatic rings. The summed E-state index contributed by atoms with van der Waals surface area (Å²) in [4.78, 5) is 22.3. The van der Waals surface area contributed by atoms with Crippen molar-refractivity contribution in [2.24, 2.45) is 0 Å². The van der Waals surface area contributed by atoms with Crippen molar-refractivity contribution >= 4 is 29.7 Å². The van der Waals surface area contributed by atoms with Crippen LogP contribution in [0.4, 0.5) is 11.4 Å². The molecule has 0 aliphatic carbocycles. The molecule has 1 amide bonds. The van der Waals surface area contributed by atoms with Gasteiger partial charge >= 0.3 is 0 Å². The fraction of sp³-hybridized carbons (Fsp3) is 0.462. The second kappa shape index (κ2) is 7.92. The molecule has 21 heavy (non-hydrogen) atoms. The Morgan fingerprint density at radius 2 is 2.33 bits per heavy atom. The summed E-state index contributed by atoms with van der Waals surface area (Å²) in [6.07, 6.45) is 0.0811. The first-order chi connectivity index (χ1) is 9.58. The Bertz CT molecular complexity index is 518. The van der Waals surface area contributed by atoms with Crippen molar-refractivity contribution in [2.75, 3.05) is 25.0 Å². The van der Waals surface area contributed by atoms with E-state index in [1.165, 1.54) is 6.07 Å². The lowest BCUT2D eigenvalue weighted by Crippen LogP contribution is -2.40. The molecular weight excluding hydrogens is 298 g/mol. The van der Waals surface area contributed by atoms with Crippen LogP contribution in [0.1, 0.15) is 12.0 Å². The topological polar surface area (TPSA) is 93.5 Å². The van der Waals surface area contributed by atoms with E-state index in [-0.39, 0.29) is 36.5 Å².